The molecular formula is C17H26N2O2. The van der Waals surface area contributed by atoms with Gasteiger partial charge < -0.3 is 15.4 Å². The quantitative estimate of drug-likeness (QED) is 0.747. The largest absolute Gasteiger partial charge is 0.385 e. The number of nitrogens with two attached hydrogens (primary N) is 1. The average molecular weight is 290 g/mol. The highest BCUT2D eigenvalue weighted by Crippen LogP contribution is 2.29. The van der Waals surface area contributed by atoms with Gasteiger partial charge in [-0.15, -0.1) is 0 Å². The first-order chi connectivity index (χ1) is 10.1. The van der Waals surface area contributed by atoms with Crippen LogP contribution in [0.4, 0.5) is 0 Å². The van der Waals surface area contributed by atoms with Crippen molar-refractivity contribution in [1.82, 2.24) is 4.90 Å². The number of benzene rings is 1. The van der Waals surface area contributed by atoms with Crippen LogP contribution in [-0.4, -0.2) is 36.6 Å². The van der Waals surface area contributed by atoms with E-state index in [1.54, 1.807) is 7.11 Å². The summed E-state index contributed by atoms with van der Waals surface area (Å²) < 4.78 is 5.02. The molecule has 116 valence electrons. The van der Waals surface area contributed by atoms with Gasteiger partial charge in [0.15, 0.2) is 0 Å². The molecule has 1 aliphatic carbocycles. The molecule has 21 heavy (non-hydrogen) atoms. The van der Waals surface area contributed by atoms with Crippen LogP contribution in [0.2, 0.25) is 0 Å². The van der Waals surface area contributed by atoms with Gasteiger partial charge in [0.25, 0.3) is 0 Å². The van der Waals surface area contributed by atoms with Crippen molar-refractivity contribution in [2.24, 2.45) is 5.73 Å². The summed E-state index contributed by atoms with van der Waals surface area (Å²) in [4.78, 5) is 14.5. The van der Waals surface area contributed by atoms with E-state index in [9.17, 15) is 4.79 Å². The third-order valence-electron chi connectivity index (χ3n) is 3.89. The van der Waals surface area contributed by atoms with Gasteiger partial charge in [-0.3, -0.25) is 4.79 Å². The second kappa shape index (κ2) is 7.57. The van der Waals surface area contributed by atoms with E-state index in [1.165, 1.54) is 11.1 Å². The Balaban J connectivity index is 1.96. The average Bonchev–Trinajstić information content (AvgIpc) is 3.29. The number of rotatable bonds is 8. The van der Waals surface area contributed by atoms with E-state index < -0.39 is 6.04 Å². The highest BCUT2D eigenvalue weighted by Gasteiger charge is 2.34. The van der Waals surface area contributed by atoms with E-state index in [4.69, 9.17) is 10.5 Å². The molecule has 1 atom stereocenters. The Morgan fingerprint density at radius 1 is 1.48 bits per heavy atom. The molecule has 4 heteroatoms. The lowest BCUT2D eigenvalue weighted by Crippen LogP contribution is -2.44. The Labute approximate surface area is 127 Å². The summed E-state index contributed by atoms with van der Waals surface area (Å²) >= 11 is 0. The van der Waals surface area contributed by atoms with Gasteiger partial charge in [0.05, 0.1) is 6.04 Å². The molecule has 0 aromatic heterocycles. The van der Waals surface area contributed by atoms with Crippen LogP contribution in [0.1, 0.15) is 36.8 Å². The molecule has 1 fully saturated rings. The number of nitrogens with zero attached hydrogens (tertiary/aromatic N) is 1. The minimum atomic E-state index is -0.412. The third-order valence-corrected chi connectivity index (χ3v) is 3.89. The van der Waals surface area contributed by atoms with Crippen molar-refractivity contribution in [2.45, 2.75) is 51.2 Å². The second-order valence-electron chi connectivity index (χ2n) is 5.93. The van der Waals surface area contributed by atoms with Crippen LogP contribution in [0.25, 0.3) is 0 Å². The summed E-state index contributed by atoms with van der Waals surface area (Å²) in [6, 6.07) is 8.30. The van der Waals surface area contributed by atoms with E-state index in [1.807, 2.05) is 11.0 Å². The van der Waals surface area contributed by atoms with Gasteiger partial charge in [0, 0.05) is 26.3 Å². The van der Waals surface area contributed by atoms with Gasteiger partial charge >= 0.3 is 0 Å². The monoisotopic (exact) mass is 290 g/mol. The molecule has 1 aliphatic rings. The van der Waals surface area contributed by atoms with Crippen LogP contribution in [0.15, 0.2) is 24.3 Å². The summed E-state index contributed by atoms with van der Waals surface area (Å²) in [6.07, 6.45) is 3.71. The fourth-order valence-corrected chi connectivity index (χ4v) is 2.56. The molecule has 0 bridgehead atoms. The van der Waals surface area contributed by atoms with Crippen LogP contribution >= 0.6 is 0 Å². The molecule has 1 aromatic carbocycles. The fourth-order valence-electron chi connectivity index (χ4n) is 2.56. The van der Waals surface area contributed by atoms with Crippen molar-refractivity contribution in [1.29, 1.82) is 0 Å². The summed E-state index contributed by atoms with van der Waals surface area (Å²) in [7, 11) is 1.67. The lowest BCUT2D eigenvalue weighted by molar-refractivity contribution is -0.134. The summed E-state index contributed by atoms with van der Waals surface area (Å²) in [6.45, 7) is 3.40. The molecule has 2 N–H and O–H groups in total. The maximum atomic E-state index is 12.6. The van der Waals surface area contributed by atoms with Crippen molar-refractivity contribution in [2.75, 3.05) is 13.7 Å². The number of methoxy groups -OCH3 is 1. The van der Waals surface area contributed by atoms with Crippen molar-refractivity contribution in [3.8, 4) is 0 Å². The minimum absolute atomic E-state index is 0.0788. The first-order valence-corrected chi connectivity index (χ1v) is 7.72. The van der Waals surface area contributed by atoms with Gasteiger partial charge in [-0.05, 0) is 38.2 Å². The van der Waals surface area contributed by atoms with Crippen molar-refractivity contribution >= 4 is 5.91 Å². The lowest BCUT2D eigenvalue weighted by atomic mass is 10.1. The third kappa shape index (κ3) is 4.83. The molecule has 1 unspecified atom stereocenters. The Hall–Kier alpha value is -1.39. The van der Waals surface area contributed by atoms with Gasteiger partial charge in [-0.1, -0.05) is 29.8 Å². The van der Waals surface area contributed by atoms with Crippen LogP contribution in [0.3, 0.4) is 0 Å². The predicted molar refractivity (Wildman–Crippen MR) is 83.8 cm³/mol. The Kier molecular flexibility index (Phi) is 5.76. The predicted octanol–water partition coefficient (Wildman–Crippen LogP) is 2.24. The number of hydrogen-bond donors (Lipinski definition) is 1. The number of ether oxygens (including phenoxy) is 1. The van der Waals surface area contributed by atoms with Crippen LogP contribution < -0.4 is 5.73 Å². The molecule has 1 saturated carbocycles. The van der Waals surface area contributed by atoms with E-state index in [0.717, 1.165) is 19.3 Å². The van der Waals surface area contributed by atoms with Crippen LogP contribution in [-0.2, 0) is 16.1 Å². The van der Waals surface area contributed by atoms with Crippen molar-refractivity contribution in [3.63, 3.8) is 0 Å². The van der Waals surface area contributed by atoms with E-state index in [2.05, 4.69) is 25.1 Å². The number of carbonyl (C=O) groups excluding carboxylic acids is 1. The normalized spacial score (nSPS) is 15.8. The van der Waals surface area contributed by atoms with E-state index >= 15 is 0 Å². The van der Waals surface area contributed by atoms with E-state index in [-0.39, 0.29) is 5.91 Å². The maximum absolute atomic E-state index is 12.6. The van der Waals surface area contributed by atoms with Gasteiger partial charge in [0.2, 0.25) is 5.91 Å². The zero-order chi connectivity index (χ0) is 15.2. The first kappa shape index (κ1) is 16.0. The molecule has 2 rings (SSSR count). The molecule has 0 spiro atoms. The highest BCUT2D eigenvalue weighted by atomic mass is 16.5. The molecule has 0 radical (unpaired) electrons. The number of hydrogen-bond acceptors (Lipinski definition) is 3. The summed E-state index contributed by atoms with van der Waals surface area (Å²) in [5.41, 5.74) is 8.46. The van der Waals surface area contributed by atoms with Crippen molar-refractivity contribution < 1.29 is 9.53 Å². The zero-order valence-corrected chi connectivity index (χ0v) is 13.0. The smallest absolute Gasteiger partial charge is 0.240 e. The Morgan fingerprint density at radius 3 is 2.86 bits per heavy atom. The topological polar surface area (TPSA) is 55.6 Å². The maximum Gasteiger partial charge on any atom is 0.240 e. The summed E-state index contributed by atoms with van der Waals surface area (Å²) in [5.74, 6) is 0.0788. The molecule has 0 aliphatic heterocycles. The number of carbonyl (C=O) groups is 1. The lowest BCUT2D eigenvalue weighted by Gasteiger charge is -2.26. The second-order valence-corrected chi connectivity index (χ2v) is 5.93. The number of amides is 1. The zero-order valence-electron chi connectivity index (χ0n) is 13.0. The van der Waals surface area contributed by atoms with Gasteiger partial charge in [-0.2, -0.15) is 0 Å². The number of aryl methyl sites for hydroxylation is 1. The fraction of sp³-hybridized carbons (Fsp3) is 0.588. The Morgan fingerprint density at radius 2 is 2.24 bits per heavy atom. The molecule has 1 aromatic rings. The molecular weight excluding hydrogens is 264 g/mol. The Bertz CT molecular complexity index is 472. The first-order valence-electron chi connectivity index (χ1n) is 7.72. The van der Waals surface area contributed by atoms with Crippen LogP contribution in [0, 0.1) is 6.92 Å². The molecule has 0 heterocycles. The molecule has 0 saturated heterocycles. The minimum Gasteiger partial charge on any atom is -0.385 e. The van der Waals surface area contributed by atoms with Gasteiger partial charge in [-0.25, -0.2) is 0 Å². The summed E-state index contributed by atoms with van der Waals surface area (Å²) in [5, 5.41) is 0. The molecule has 4 nitrogen and oxygen atoms in total. The van der Waals surface area contributed by atoms with Crippen molar-refractivity contribution in [3.05, 3.63) is 35.4 Å². The van der Waals surface area contributed by atoms with Gasteiger partial charge in [0.1, 0.15) is 0 Å². The van der Waals surface area contributed by atoms with E-state index in [0.29, 0.717) is 25.6 Å². The molecule has 1 amide bonds. The SMILES string of the molecule is COCCCC(N)C(=O)N(Cc1cccc(C)c1)C1CC1. The van der Waals surface area contributed by atoms with Crippen LogP contribution in [0.5, 0.6) is 0 Å². The highest BCUT2D eigenvalue weighted by molar-refractivity contribution is 5.82. The standard InChI is InChI=1S/C17H26N2O2/c1-13-5-3-6-14(11-13)12-19(15-8-9-15)17(20)16(18)7-4-10-21-2/h3,5-6,11,15-16H,4,7-10,12,18H2,1-2H3.